The summed E-state index contributed by atoms with van der Waals surface area (Å²) < 4.78 is 66.1. The van der Waals surface area contributed by atoms with Crippen LogP contribution in [0.1, 0.15) is 2.85 Å². The summed E-state index contributed by atoms with van der Waals surface area (Å²) >= 11 is 0. The van der Waals surface area contributed by atoms with Gasteiger partial charge < -0.3 is 9.11 Å². The van der Waals surface area contributed by atoms with Crippen molar-refractivity contribution in [1.82, 2.24) is 0 Å². The van der Waals surface area contributed by atoms with Crippen LogP contribution < -0.4 is 0 Å². The van der Waals surface area contributed by atoms with Crippen molar-refractivity contribution < 1.29 is 61.8 Å². The van der Waals surface area contributed by atoms with Gasteiger partial charge in [-0.05, 0) is 12.1 Å². The molecule has 0 aliphatic heterocycles. The molecule has 10 heteroatoms. The topological polar surface area (TPSA) is 114 Å². The Bertz CT molecular complexity index is 768. The summed E-state index contributed by atoms with van der Waals surface area (Å²) in [7, 11) is -9.48. The number of hydrogen-bond acceptors (Lipinski definition) is 6. The first-order valence-electron chi connectivity index (χ1n) is 4.65. The predicted octanol–water partition coefficient (Wildman–Crippen LogP) is 1.14. The van der Waals surface area contributed by atoms with Crippen LogP contribution in [0.2, 0.25) is 0 Å². The molecular formula is C10H10Ni2O6S2-2. The molecule has 0 amide bonds. The summed E-state index contributed by atoms with van der Waals surface area (Å²) in [5.74, 6) is 0. The van der Waals surface area contributed by atoms with E-state index in [1.807, 2.05) is 0 Å². The van der Waals surface area contributed by atoms with Crippen LogP contribution in [0.25, 0.3) is 10.8 Å². The smallest absolute Gasteiger partial charge is 0.125 e. The Morgan fingerprint density at radius 1 is 0.700 bits per heavy atom. The van der Waals surface area contributed by atoms with Gasteiger partial charge in [0.25, 0.3) is 0 Å². The Hall–Kier alpha value is -0.493. The molecule has 6 nitrogen and oxygen atoms in total. The molecule has 0 bridgehead atoms. The number of benzene rings is 2. The van der Waals surface area contributed by atoms with Gasteiger partial charge in [0.15, 0.2) is 0 Å². The second-order valence-electron chi connectivity index (χ2n) is 3.52. The molecule has 20 heavy (non-hydrogen) atoms. The van der Waals surface area contributed by atoms with Gasteiger partial charge in [0.05, 0.1) is 9.79 Å². The Morgan fingerprint density at radius 2 is 1.00 bits per heavy atom. The maximum atomic E-state index is 11.0. The van der Waals surface area contributed by atoms with Crippen molar-refractivity contribution >= 4 is 31.0 Å². The van der Waals surface area contributed by atoms with E-state index < -0.39 is 30.0 Å². The minimum absolute atomic E-state index is 0. The van der Waals surface area contributed by atoms with Gasteiger partial charge in [-0.15, -0.1) is 0 Å². The molecule has 0 fully saturated rings. The third-order valence-corrected chi connectivity index (χ3v) is 4.17. The molecule has 0 aliphatic rings. The van der Waals surface area contributed by atoms with Gasteiger partial charge >= 0.3 is 0 Å². The second-order valence-corrected chi connectivity index (χ2v) is 6.21. The van der Waals surface area contributed by atoms with Crippen molar-refractivity contribution in [3.05, 3.63) is 36.4 Å². The van der Waals surface area contributed by atoms with Gasteiger partial charge in [0, 0.05) is 46.6 Å². The molecular weight excluding hydrogens is 398 g/mol. The van der Waals surface area contributed by atoms with Gasteiger partial charge in [-0.2, -0.15) is 0 Å². The van der Waals surface area contributed by atoms with Crippen LogP contribution in [-0.4, -0.2) is 25.9 Å². The van der Waals surface area contributed by atoms with E-state index in [0.717, 1.165) is 12.1 Å². The van der Waals surface area contributed by atoms with E-state index in [1.54, 1.807) is 0 Å². The Kier molecular flexibility index (Phi) is 6.35. The van der Waals surface area contributed by atoms with Crippen LogP contribution >= 0.6 is 0 Å². The van der Waals surface area contributed by atoms with Crippen LogP contribution in [0.5, 0.6) is 0 Å². The van der Waals surface area contributed by atoms with Crippen molar-refractivity contribution in [1.29, 1.82) is 0 Å². The molecule has 2 aromatic rings. The van der Waals surface area contributed by atoms with Crippen molar-refractivity contribution in [2.45, 2.75) is 9.79 Å². The Morgan fingerprint density at radius 3 is 1.25 bits per heavy atom. The van der Waals surface area contributed by atoms with E-state index in [4.69, 9.17) is 0 Å². The first kappa shape index (κ1) is 19.5. The molecule has 0 saturated carbocycles. The van der Waals surface area contributed by atoms with E-state index in [9.17, 15) is 25.9 Å². The molecule has 0 heterocycles. The average Bonchev–Trinajstić information content (AvgIpc) is 2.24. The van der Waals surface area contributed by atoms with Crippen LogP contribution in [0.3, 0.4) is 0 Å². The number of fused-ring (bicyclic) bond motifs is 1. The van der Waals surface area contributed by atoms with Crippen molar-refractivity contribution in [2.24, 2.45) is 0 Å². The van der Waals surface area contributed by atoms with E-state index >= 15 is 0 Å². The fourth-order valence-corrected chi connectivity index (χ4v) is 3.07. The van der Waals surface area contributed by atoms with Gasteiger partial charge in [0.1, 0.15) is 20.2 Å². The first-order chi connectivity index (χ1) is 8.21. The van der Waals surface area contributed by atoms with Crippen LogP contribution in [0.15, 0.2) is 46.2 Å². The Balaban J connectivity index is -0.000000902. The Labute approximate surface area is 138 Å². The van der Waals surface area contributed by atoms with Crippen LogP contribution in [-0.2, 0) is 53.2 Å². The van der Waals surface area contributed by atoms with Gasteiger partial charge in [-0.1, -0.05) is 24.3 Å². The maximum Gasteiger partial charge on any atom is 0.125 e. The van der Waals surface area contributed by atoms with Gasteiger partial charge in [-0.25, -0.2) is 16.8 Å². The number of rotatable bonds is 2. The summed E-state index contributed by atoms with van der Waals surface area (Å²) in [6, 6.07) is 7.09. The van der Waals surface area contributed by atoms with Crippen molar-refractivity contribution in [2.75, 3.05) is 0 Å². The summed E-state index contributed by atoms with van der Waals surface area (Å²) in [6.07, 6.45) is 0. The third-order valence-electron chi connectivity index (χ3n) is 2.38. The van der Waals surface area contributed by atoms with E-state index in [0.29, 0.717) is 0 Å². The minimum Gasteiger partial charge on any atom is -0.744 e. The zero-order valence-corrected chi connectivity index (χ0v) is 13.0. The summed E-state index contributed by atoms with van der Waals surface area (Å²) in [6.45, 7) is 0. The molecule has 0 atom stereocenters. The number of hydrogen-bond donors (Lipinski definition) is 0. The SMILES string of the molecule is O=S(=O)([O-])c1cccc2c(S(=O)(=O)[O-])cccc12.[HH].[HH].[Ni].[Ni]. The first-order valence-corrected chi connectivity index (χ1v) is 7.46. The largest absolute Gasteiger partial charge is 0.744 e. The molecule has 120 valence electrons. The standard InChI is InChI=1S/C10H8O6S2.2Ni.2H2/c11-17(12,13)9-5-1-3-7-8(9)4-2-6-10(7)18(14,15)16;;;;/h1-6H,(H,11,12,13)(H,14,15,16);;;2*1H/p-2. The maximum absolute atomic E-state index is 11.0. The van der Waals surface area contributed by atoms with E-state index in [2.05, 4.69) is 0 Å². The minimum atomic E-state index is -4.74. The monoisotopic (exact) mass is 406 g/mol. The van der Waals surface area contributed by atoms with Crippen molar-refractivity contribution in [3.8, 4) is 0 Å². The summed E-state index contributed by atoms with van der Waals surface area (Å²) in [5.41, 5.74) is 0. The summed E-state index contributed by atoms with van der Waals surface area (Å²) in [4.78, 5) is -1.10. The van der Waals surface area contributed by atoms with Crippen LogP contribution in [0, 0.1) is 0 Å². The van der Waals surface area contributed by atoms with Crippen LogP contribution in [0.4, 0.5) is 0 Å². The zero-order valence-electron chi connectivity index (χ0n) is 9.36. The third kappa shape index (κ3) is 3.78. The molecule has 0 aromatic heterocycles. The van der Waals surface area contributed by atoms with Gasteiger partial charge in [-0.3, -0.25) is 0 Å². The summed E-state index contributed by atoms with van der Waals surface area (Å²) in [5, 5.41) is -0.158. The molecule has 2 rings (SSSR count). The molecule has 0 unspecified atom stereocenters. The van der Waals surface area contributed by atoms with E-state index in [-0.39, 0.29) is 46.6 Å². The average molecular weight is 408 g/mol. The quantitative estimate of drug-likeness (QED) is 0.544. The fourth-order valence-electron chi connectivity index (χ4n) is 1.69. The second kappa shape index (κ2) is 6.51. The van der Waals surface area contributed by atoms with Crippen molar-refractivity contribution in [3.63, 3.8) is 0 Å². The molecule has 0 spiro atoms. The zero-order chi connectivity index (χ0) is 13.6. The normalized spacial score (nSPS) is 11.5. The molecule has 0 N–H and O–H groups in total. The molecule has 2 aromatic carbocycles. The molecule has 0 radical (unpaired) electrons. The fraction of sp³-hybridized carbons (Fsp3) is 0. The predicted molar refractivity (Wildman–Crippen MR) is 64.1 cm³/mol. The molecule has 0 saturated heterocycles. The van der Waals surface area contributed by atoms with E-state index in [1.165, 1.54) is 24.3 Å². The molecule has 0 aliphatic carbocycles. The van der Waals surface area contributed by atoms with Gasteiger partial charge in [0.2, 0.25) is 0 Å².